The number of rotatable bonds is 6. The van der Waals surface area contributed by atoms with Crippen LogP contribution in [0, 0.1) is 0 Å². The summed E-state index contributed by atoms with van der Waals surface area (Å²) in [4.78, 5) is 2.26. The zero-order chi connectivity index (χ0) is 13.7. The van der Waals surface area contributed by atoms with Crippen LogP contribution in [0.4, 0.5) is 0 Å². The average Bonchev–Trinajstić information content (AvgIpc) is 2.39. The Labute approximate surface area is 116 Å². The third kappa shape index (κ3) is 3.95. The van der Waals surface area contributed by atoms with Crippen LogP contribution in [0.5, 0.6) is 5.75 Å². The molecule has 1 aromatic rings. The highest BCUT2D eigenvalue weighted by atomic mass is 16.5. The number of hydrogen-bond donors (Lipinski definition) is 1. The van der Waals surface area contributed by atoms with E-state index in [1.165, 1.54) is 12.0 Å². The average molecular weight is 262 g/mol. The first-order valence-electron chi connectivity index (χ1n) is 7.30. The standard InChI is InChI=1S/C16H26N2O/c1-4-17-14(12-18(2)3)11-13-9-10-19-16-8-6-5-7-15(13)16/h5-8,13-14,17H,4,9-12H2,1-3H3. The topological polar surface area (TPSA) is 24.5 Å². The first-order valence-corrected chi connectivity index (χ1v) is 7.30. The Morgan fingerprint density at radius 3 is 2.89 bits per heavy atom. The number of hydrogen-bond acceptors (Lipinski definition) is 3. The molecule has 0 amide bonds. The third-order valence-electron chi connectivity index (χ3n) is 3.73. The molecule has 0 spiro atoms. The SMILES string of the molecule is CCNC(CC1CCOc2ccccc21)CN(C)C. The predicted octanol–water partition coefficient (Wildman–Crippen LogP) is 2.48. The van der Waals surface area contributed by atoms with Crippen molar-refractivity contribution >= 4 is 0 Å². The Kier molecular flexibility index (Phi) is 5.23. The fraction of sp³-hybridized carbons (Fsp3) is 0.625. The second-order valence-corrected chi connectivity index (χ2v) is 5.62. The van der Waals surface area contributed by atoms with Crippen LogP contribution in [0.3, 0.4) is 0 Å². The molecule has 0 bridgehead atoms. The summed E-state index contributed by atoms with van der Waals surface area (Å²) in [5, 5.41) is 3.61. The fourth-order valence-electron chi connectivity index (χ4n) is 2.96. The smallest absolute Gasteiger partial charge is 0.122 e. The van der Waals surface area contributed by atoms with Gasteiger partial charge >= 0.3 is 0 Å². The molecule has 3 nitrogen and oxygen atoms in total. The Morgan fingerprint density at radius 1 is 1.37 bits per heavy atom. The van der Waals surface area contributed by atoms with Crippen LogP contribution in [-0.2, 0) is 0 Å². The van der Waals surface area contributed by atoms with Gasteiger partial charge in [0.2, 0.25) is 0 Å². The molecular formula is C16H26N2O. The van der Waals surface area contributed by atoms with Gasteiger partial charge in [-0.15, -0.1) is 0 Å². The highest BCUT2D eigenvalue weighted by Gasteiger charge is 2.24. The lowest BCUT2D eigenvalue weighted by molar-refractivity contribution is 0.245. The van der Waals surface area contributed by atoms with Crippen LogP contribution < -0.4 is 10.1 Å². The maximum atomic E-state index is 5.75. The number of ether oxygens (including phenoxy) is 1. The van der Waals surface area contributed by atoms with E-state index in [1.807, 2.05) is 0 Å². The van der Waals surface area contributed by atoms with Crippen molar-refractivity contribution < 1.29 is 4.74 Å². The minimum absolute atomic E-state index is 0.552. The maximum Gasteiger partial charge on any atom is 0.122 e. The van der Waals surface area contributed by atoms with Gasteiger partial charge in [-0.2, -0.15) is 0 Å². The van der Waals surface area contributed by atoms with E-state index in [-0.39, 0.29) is 0 Å². The van der Waals surface area contributed by atoms with Crippen LogP contribution in [-0.4, -0.2) is 44.7 Å². The summed E-state index contributed by atoms with van der Waals surface area (Å²) in [6.45, 7) is 5.15. The molecule has 1 N–H and O–H groups in total. The Hall–Kier alpha value is -1.06. The van der Waals surface area contributed by atoms with E-state index in [4.69, 9.17) is 4.74 Å². The monoisotopic (exact) mass is 262 g/mol. The van der Waals surface area contributed by atoms with Gasteiger partial charge in [0.25, 0.3) is 0 Å². The van der Waals surface area contributed by atoms with Gasteiger partial charge in [-0.05, 0) is 51.0 Å². The highest BCUT2D eigenvalue weighted by Crippen LogP contribution is 2.36. The van der Waals surface area contributed by atoms with Crippen LogP contribution in [0.25, 0.3) is 0 Å². The summed E-state index contributed by atoms with van der Waals surface area (Å²) in [5.41, 5.74) is 1.38. The largest absolute Gasteiger partial charge is 0.493 e. The minimum Gasteiger partial charge on any atom is -0.493 e. The van der Waals surface area contributed by atoms with Gasteiger partial charge in [-0.3, -0.25) is 0 Å². The van der Waals surface area contributed by atoms with Crippen molar-refractivity contribution in [2.24, 2.45) is 0 Å². The summed E-state index contributed by atoms with van der Waals surface area (Å²) in [6, 6.07) is 9.04. The van der Waals surface area contributed by atoms with Crippen molar-refractivity contribution in [2.75, 3.05) is 33.8 Å². The van der Waals surface area contributed by atoms with Crippen molar-refractivity contribution in [3.8, 4) is 5.75 Å². The fourth-order valence-corrected chi connectivity index (χ4v) is 2.96. The highest BCUT2D eigenvalue weighted by molar-refractivity contribution is 5.37. The number of benzene rings is 1. The summed E-state index contributed by atoms with van der Waals surface area (Å²) in [5.74, 6) is 1.70. The number of para-hydroxylation sites is 1. The molecule has 0 saturated carbocycles. The van der Waals surface area contributed by atoms with Gasteiger partial charge in [0.15, 0.2) is 0 Å². The molecule has 2 unspecified atom stereocenters. The van der Waals surface area contributed by atoms with E-state index < -0.39 is 0 Å². The summed E-state index contributed by atoms with van der Waals surface area (Å²) < 4.78 is 5.75. The zero-order valence-corrected chi connectivity index (χ0v) is 12.4. The lowest BCUT2D eigenvalue weighted by Crippen LogP contribution is -2.39. The Morgan fingerprint density at radius 2 is 2.16 bits per heavy atom. The van der Waals surface area contributed by atoms with Crippen molar-refractivity contribution in [3.63, 3.8) is 0 Å². The van der Waals surface area contributed by atoms with Crippen molar-refractivity contribution in [3.05, 3.63) is 29.8 Å². The van der Waals surface area contributed by atoms with Gasteiger partial charge in [-0.1, -0.05) is 25.1 Å². The minimum atomic E-state index is 0.552. The predicted molar refractivity (Wildman–Crippen MR) is 79.9 cm³/mol. The van der Waals surface area contributed by atoms with Gasteiger partial charge in [-0.25, -0.2) is 0 Å². The number of nitrogens with zero attached hydrogens (tertiary/aromatic N) is 1. The molecule has 2 atom stereocenters. The van der Waals surface area contributed by atoms with E-state index in [0.717, 1.165) is 31.9 Å². The number of fused-ring (bicyclic) bond motifs is 1. The molecule has 0 aromatic heterocycles. The molecule has 0 fully saturated rings. The van der Waals surface area contributed by atoms with E-state index in [0.29, 0.717) is 12.0 Å². The molecule has 106 valence electrons. The molecule has 2 rings (SSSR count). The molecule has 1 aliphatic rings. The molecule has 19 heavy (non-hydrogen) atoms. The van der Waals surface area contributed by atoms with Crippen LogP contribution in [0.15, 0.2) is 24.3 Å². The first-order chi connectivity index (χ1) is 9.20. The van der Waals surface area contributed by atoms with Crippen molar-refractivity contribution in [1.29, 1.82) is 0 Å². The number of nitrogens with one attached hydrogen (secondary N) is 1. The maximum absolute atomic E-state index is 5.75. The van der Waals surface area contributed by atoms with Crippen LogP contribution in [0.2, 0.25) is 0 Å². The van der Waals surface area contributed by atoms with Crippen molar-refractivity contribution in [1.82, 2.24) is 10.2 Å². The molecular weight excluding hydrogens is 236 g/mol. The second-order valence-electron chi connectivity index (χ2n) is 5.62. The third-order valence-corrected chi connectivity index (χ3v) is 3.73. The van der Waals surface area contributed by atoms with Gasteiger partial charge < -0.3 is 15.0 Å². The molecule has 0 aliphatic carbocycles. The molecule has 0 saturated heterocycles. The van der Waals surface area contributed by atoms with Crippen LogP contribution in [0.1, 0.15) is 31.2 Å². The summed E-state index contributed by atoms with van der Waals surface area (Å²) in [7, 11) is 4.28. The van der Waals surface area contributed by atoms with E-state index in [2.05, 4.69) is 55.5 Å². The summed E-state index contributed by atoms with van der Waals surface area (Å²) in [6.07, 6.45) is 2.32. The first kappa shape index (κ1) is 14.4. The lowest BCUT2D eigenvalue weighted by atomic mass is 9.87. The molecule has 1 aromatic carbocycles. The van der Waals surface area contributed by atoms with E-state index >= 15 is 0 Å². The second kappa shape index (κ2) is 6.92. The van der Waals surface area contributed by atoms with Gasteiger partial charge in [0.05, 0.1) is 6.61 Å². The van der Waals surface area contributed by atoms with Crippen LogP contribution >= 0.6 is 0 Å². The van der Waals surface area contributed by atoms with Gasteiger partial charge in [0, 0.05) is 12.6 Å². The normalized spacial score (nSPS) is 19.9. The Bertz CT molecular complexity index is 392. The Balaban J connectivity index is 2.05. The van der Waals surface area contributed by atoms with Crippen molar-refractivity contribution in [2.45, 2.75) is 31.7 Å². The molecule has 0 radical (unpaired) electrons. The molecule has 1 heterocycles. The van der Waals surface area contributed by atoms with E-state index in [1.54, 1.807) is 0 Å². The number of likely N-dealkylation sites (N-methyl/N-ethyl adjacent to an activating group) is 2. The summed E-state index contributed by atoms with van der Waals surface area (Å²) >= 11 is 0. The quantitative estimate of drug-likeness (QED) is 0.852. The zero-order valence-electron chi connectivity index (χ0n) is 12.4. The lowest BCUT2D eigenvalue weighted by Gasteiger charge is -2.30. The van der Waals surface area contributed by atoms with Gasteiger partial charge in [0.1, 0.15) is 5.75 Å². The molecule has 3 heteroatoms. The molecule has 1 aliphatic heterocycles. The van der Waals surface area contributed by atoms with E-state index in [9.17, 15) is 0 Å².